The molecule has 3 nitrogen and oxygen atoms in total. The number of nitrogens with zero attached hydrogens (tertiary/aromatic N) is 1. The number of ether oxygens (including phenoxy) is 2. The van der Waals surface area contributed by atoms with Crippen molar-refractivity contribution in [2.24, 2.45) is 0 Å². The summed E-state index contributed by atoms with van der Waals surface area (Å²) in [6, 6.07) is 9.80. The zero-order valence-corrected chi connectivity index (χ0v) is 14.5. The summed E-state index contributed by atoms with van der Waals surface area (Å²) < 4.78 is 12.0. The van der Waals surface area contributed by atoms with Gasteiger partial charge in [-0.15, -0.1) is 0 Å². The lowest BCUT2D eigenvalue weighted by molar-refractivity contribution is 0.302. The Hall–Kier alpha value is -1.07. The molecule has 0 amide bonds. The van der Waals surface area contributed by atoms with E-state index in [-0.39, 0.29) is 0 Å². The van der Waals surface area contributed by atoms with Crippen molar-refractivity contribution in [3.05, 3.63) is 51.8 Å². The van der Waals surface area contributed by atoms with Crippen molar-refractivity contribution in [3.63, 3.8) is 0 Å². The number of aryl methyl sites for hydroxylation is 1. The zero-order valence-electron chi connectivity index (χ0n) is 11.3. The quantitative estimate of drug-likeness (QED) is 0.685. The van der Waals surface area contributed by atoms with Crippen LogP contribution in [-0.2, 0) is 11.9 Å². The Kier molecular flexibility index (Phi) is 5.43. The van der Waals surface area contributed by atoms with Crippen LogP contribution in [0.15, 0.2) is 34.8 Å². The minimum absolute atomic E-state index is 0.493. The minimum atomic E-state index is 0.493. The molecular formula is C15H15Br2NO2. The van der Waals surface area contributed by atoms with Crippen LogP contribution in [0, 0.1) is 6.92 Å². The van der Waals surface area contributed by atoms with Gasteiger partial charge in [0.1, 0.15) is 18.1 Å². The molecule has 0 bridgehead atoms. The van der Waals surface area contributed by atoms with Crippen molar-refractivity contribution in [1.82, 2.24) is 4.98 Å². The third-order valence-corrected chi connectivity index (χ3v) is 3.96. The molecule has 0 spiro atoms. The number of methoxy groups -OCH3 is 1. The fraction of sp³-hybridized carbons (Fsp3) is 0.267. The molecule has 1 aromatic heterocycles. The van der Waals surface area contributed by atoms with Gasteiger partial charge in [0.2, 0.25) is 0 Å². The van der Waals surface area contributed by atoms with Crippen LogP contribution in [0.5, 0.6) is 11.5 Å². The topological polar surface area (TPSA) is 31.4 Å². The molecule has 5 heteroatoms. The molecule has 0 unspecified atom stereocenters. The number of rotatable bonds is 5. The fourth-order valence-electron chi connectivity index (χ4n) is 1.79. The van der Waals surface area contributed by atoms with Crippen molar-refractivity contribution in [3.8, 4) is 11.5 Å². The van der Waals surface area contributed by atoms with Crippen LogP contribution in [0.2, 0.25) is 0 Å². The number of hydrogen-bond acceptors (Lipinski definition) is 3. The summed E-state index contributed by atoms with van der Waals surface area (Å²) in [6.07, 6.45) is 0. The molecule has 0 aliphatic rings. The molecule has 0 aliphatic heterocycles. The molecule has 0 saturated heterocycles. The highest BCUT2D eigenvalue weighted by atomic mass is 79.9. The van der Waals surface area contributed by atoms with Crippen LogP contribution >= 0.6 is 31.9 Å². The third-order valence-electron chi connectivity index (χ3n) is 2.81. The van der Waals surface area contributed by atoms with Crippen molar-refractivity contribution in [1.29, 1.82) is 0 Å². The third kappa shape index (κ3) is 3.73. The monoisotopic (exact) mass is 399 g/mol. The Balaban J connectivity index is 2.10. The van der Waals surface area contributed by atoms with Crippen molar-refractivity contribution >= 4 is 31.9 Å². The summed E-state index contributed by atoms with van der Waals surface area (Å²) in [6.45, 7) is 2.46. The standard InChI is InChI=1S/C15H15Br2NO2/c1-10-3-5-15(13(8-16)18-10)20-9-11-4-6-14(19-2)12(17)7-11/h3-7H,8-9H2,1-2H3. The van der Waals surface area contributed by atoms with E-state index in [9.17, 15) is 0 Å². The van der Waals surface area contributed by atoms with E-state index < -0.39 is 0 Å². The van der Waals surface area contributed by atoms with Crippen molar-refractivity contribution < 1.29 is 9.47 Å². The van der Waals surface area contributed by atoms with Gasteiger partial charge in [-0.05, 0) is 52.7 Å². The Morgan fingerprint density at radius 3 is 2.55 bits per heavy atom. The van der Waals surface area contributed by atoms with Gasteiger partial charge in [0.25, 0.3) is 0 Å². The summed E-state index contributed by atoms with van der Waals surface area (Å²) in [5.74, 6) is 1.62. The first-order chi connectivity index (χ1) is 9.63. The summed E-state index contributed by atoms with van der Waals surface area (Å²) in [5, 5.41) is 0.677. The molecule has 0 aliphatic carbocycles. The maximum atomic E-state index is 5.84. The highest BCUT2D eigenvalue weighted by Crippen LogP contribution is 2.27. The van der Waals surface area contributed by atoms with Crippen LogP contribution in [0.4, 0.5) is 0 Å². The van der Waals surface area contributed by atoms with E-state index in [1.807, 2.05) is 37.3 Å². The molecule has 1 heterocycles. The number of aromatic nitrogens is 1. The van der Waals surface area contributed by atoms with Crippen LogP contribution in [-0.4, -0.2) is 12.1 Å². The average Bonchev–Trinajstić information content (AvgIpc) is 2.46. The largest absolute Gasteiger partial charge is 0.496 e. The van der Waals surface area contributed by atoms with Gasteiger partial charge in [-0.2, -0.15) is 0 Å². The fourth-order valence-corrected chi connectivity index (χ4v) is 2.78. The smallest absolute Gasteiger partial charge is 0.142 e. The van der Waals surface area contributed by atoms with Crippen LogP contribution in [0.3, 0.4) is 0 Å². The molecular weight excluding hydrogens is 386 g/mol. The average molecular weight is 401 g/mol. The molecule has 2 rings (SSSR count). The van der Waals surface area contributed by atoms with Gasteiger partial charge in [0, 0.05) is 11.0 Å². The number of benzene rings is 1. The van der Waals surface area contributed by atoms with E-state index in [2.05, 4.69) is 36.8 Å². The Morgan fingerprint density at radius 1 is 1.15 bits per heavy atom. The lowest BCUT2D eigenvalue weighted by atomic mass is 10.2. The van der Waals surface area contributed by atoms with Gasteiger partial charge in [0.05, 0.1) is 17.3 Å². The van der Waals surface area contributed by atoms with Crippen molar-refractivity contribution in [2.75, 3.05) is 7.11 Å². The van der Waals surface area contributed by atoms with E-state index in [0.717, 1.165) is 32.9 Å². The van der Waals surface area contributed by atoms with Crippen molar-refractivity contribution in [2.45, 2.75) is 18.9 Å². The molecule has 0 atom stereocenters. The summed E-state index contributed by atoms with van der Waals surface area (Å²) in [5.41, 5.74) is 2.97. The molecule has 0 radical (unpaired) electrons. The molecule has 1 aromatic carbocycles. The number of pyridine rings is 1. The predicted octanol–water partition coefficient (Wildman–Crippen LogP) is 4.64. The Bertz CT molecular complexity index is 602. The summed E-state index contributed by atoms with van der Waals surface area (Å²) in [7, 11) is 1.65. The Morgan fingerprint density at radius 2 is 1.90 bits per heavy atom. The van der Waals surface area contributed by atoms with Gasteiger partial charge in [-0.3, -0.25) is 4.98 Å². The number of halogens is 2. The van der Waals surface area contributed by atoms with E-state index in [1.54, 1.807) is 7.11 Å². The van der Waals surface area contributed by atoms with E-state index in [1.165, 1.54) is 0 Å². The van der Waals surface area contributed by atoms with Gasteiger partial charge < -0.3 is 9.47 Å². The second-order valence-corrected chi connectivity index (χ2v) is 5.70. The molecule has 0 fully saturated rings. The molecule has 2 aromatic rings. The SMILES string of the molecule is COc1ccc(COc2ccc(C)nc2CBr)cc1Br. The van der Waals surface area contributed by atoms with Gasteiger partial charge in [0.15, 0.2) is 0 Å². The molecule has 0 saturated carbocycles. The first kappa shape index (κ1) is 15.3. The van der Waals surface area contributed by atoms with Gasteiger partial charge >= 0.3 is 0 Å². The second kappa shape index (κ2) is 7.09. The van der Waals surface area contributed by atoms with Gasteiger partial charge in [-0.1, -0.05) is 22.0 Å². The second-order valence-electron chi connectivity index (χ2n) is 4.29. The highest BCUT2D eigenvalue weighted by molar-refractivity contribution is 9.10. The lowest BCUT2D eigenvalue weighted by Crippen LogP contribution is -2.00. The van der Waals surface area contributed by atoms with E-state index in [0.29, 0.717) is 11.9 Å². The number of hydrogen-bond donors (Lipinski definition) is 0. The number of alkyl halides is 1. The first-order valence-electron chi connectivity index (χ1n) is 6.11. The van der Waals surface area contributed by atoms with Crippen LogP contribution < -0.4 is 9.47 Å². The normalized spacial score (nSPS) is 10.4. The molecule has 20 heavy (non-hydrogen) atoms. The maximum Gasteiger partial charge on any atom is 0.142 e. The van der Waals surface area contributed by atoms with E-state index in [4.69, 9.17) is 9.47 Å². The minimum Gasteiger partial charge on any atom is -0.496 e. The molecule has 0 N–H and O–H groups in total. The summed E-state index contributed by atoms with van der Waals surface area (Å²) >= 11 is 6.90. The lowest BCUT2D eigenvalue weighted by Gasteiger charge is -2.11. The maximum absolute atomic E-state index is 5.84. The Labute approximate surface area is 135 Å². The molecule has 106 valence electrons. The van der Waals surface area contributed by atoms with Gasteiger partial charge in [-0.25, -0.2) is 0 Å². The highest BCUT2D eigenvalue weighted by Gasteiger charge is 2.06. The van der Waals surface area contributed by atoms with E-state index >= 15 is 0 Å². The van der Waals surface area contributed by atoms with Crippen LogP contribution in [0.1, 0.15) is 17.0 Å². The predicted molar refractivity (Wildman–Crippen MR) is 86.6 cm³/mol. The van der Waals surface area contributed by atoms with Crippen LogP contribution in [0.25, 0.3) is 0 Å². The zero-order chi connectivity index (χ0) is 14.5. The summed E-state index contributed by atoms with van der Waals surface area (Å²) in [4.78, 5) is 4.45. The first-order valence-corrected chi connectivity index (χ1v) is 8.03.